The number of ether oxygens (including phenoxy) is 2. The van der Waals surface area contributed by atoms with Crippen LogP contribution in [0.4, 0.5) is 13.2 Å². The molecular weight excluding hydrogens is 323 g/mol. The Morgan fingerprint density at radius 2 is 1.92 bits per heavy atom. The van der Waals surface area contributed by atoms with Crippen molar-refractivity contribution in [1.82, 2.24) is 4.90 Å². The standard InChI is InChI=1S/C17H22F3NO3/c18-17(19,20)24-15-5-1-13(2-6-15)16(22)10-21(14-3-4-14)9-12-7-8-23-11-12/h1-2,5-6,12,14,16,22H,3-4,7-11H2. The topological polar surface area (TPSA) is 41.9 Å². The first kappa shape index (κ1) is 17.5. The Balaban J connectivity index is 1.57. The van der Waals surface area contributed by atoms with Gasteiger partial charge in [-0.05, 0) is 42.9 Å². The van der Waals surface area contributed by atoms with Crippen molar-refractivity contribution >= 4 is 0 Å². The van der Waals surface area contributed by atoms with Crippen LogP contribution in [0.2, 0.25) is 0 Å². The summed E-state index contributed by atoms with van der Waals surface area (Å²) < 4.78 is 45.8. The number of aliphatic hydroxyl groups is 1. The second-order valence-electron chi connectivity index (χ2n) is 6.55. The summed E-state index contributed by atoms with van der Waals surface area (Å²) in [5.41, 5.74) is 0.595. The number of hydrogen-bond donors (Lipinski definition) is 1. The highest BCUT2D eigenvalue weighted by molar-refractivity contribution is 5.28. The van der Waals surface area contributed by atoms with Crippen molar-refractivity contribution in [2.75, 3.05) is 26.3 Å². The summed E-state index contributed by atoms with van der Waals surface area (Å²) >= 11 is 0. The van der Waals surface area contributed by atoms with Crippen LogP contribution in [-0.4, -0.2) is 48.7 Å². The molecule has 0 aromatic heterocycles. The van der Waals surface area contributed by atoms with E-state index in [2.05, 4.69) is 9.64 Å². The molecule has 0 radical (unpaired) electrons. The van der Waals surface area contributed by atoms with Crippen LogP contribution in [0.15, 0.2) is 24.3 Å². The van der Waals surface area contributed by atoms with E-state index in [0.717, 1.165) is 39.0 Å². The first-order chi connectivity index (χ1) is 11.4. The van der Waals surface area contributed by atoms with Crippen LogP contribution in [0, 0.1) is 5.92 Å². The highest BCUT2D eigenvalue weighted by Gasteiger charge is 2.33. The summed E-state index contributed by atoms with van der Waals surface area (Å²) in [4.78, 5) is 2.28. The van der Waals surface area contributed by atoms with Crippen molar-refractivity contribution in [1.29, 1.82) is 0 Å². The van der Waals surface area contributed by atoms with Gasteiger partial charge in [-0.15, -0.1) is 13.2 Å². The monoisotopic (exact) mass is 345 g/mol. The molecular formula is C17H22F3NO3. The molecule has 1 N–H and O–H groups in total. The lowest BCUT2D eigenvalue weighted by molar-refractivity contribution is -0.274. The number of halogens is 3. The molecule has 134 valence electrons. The molecule has 0 bridgehead atoms. The van der Waals surface area contributed by atoms with Crippen LogP contribution in [0.1, 0.15) is 30.9 Å². The van der Waals surface area contributed by atoms with Gasteiger partial charge < -0.3 is 14.6 Å². The zero-order valence-electron chi connectivity index (χ0n) is 13.3. The molecule has 3 rings (SSSR count). The lowest BCUT2D eigenvalue weighted by Gasteiger charge is -2.27. The number of alkyl halides is 3. The molecule has 2 aliphatic rings. The van der Waals surface area contributed by atoms with Gasteiger partial charge in [0.25, 0.3) is 0 Å². The lowest BCUT2D eigenvalue weighted by atomic mass is 10.1. The number of rotatable bonds is 7. The zero-order chi connectivity index (χ0) is 17.2. The van der Waals surface area contributed by atoms with Gasteiger partial charge in [-0.3, -0.25) is 4.90 Å². The van der Waals surface area contributed by atoms with E-state index in [0.29, 0.717) is 24.1 Å². The minimum atomic E-state index is -4.70. The fraction of sp³-hybridized carbons (Fsp3) is 0.647. The molecule has 2 unspecified atom stereocenters. The fourth-order valence-corrected chi connectivity index (χ4v) is 3.09. The van der Waals surface area contributed by atoms with Gasteiger partial charge >= 0.3 is 6.36 Å². The maximum atomic E-state index is 12.2. The van der Waals surface area contributed by atoms with Gasteiger partial charge in [0, 0.05) is 25.7 Å². The second kappa shape index (κ2) is 7.29. The molecule has 24 heavy (non-hydrogen) atoms. The van der Waals surface area contributed by atoms with E-state index in [1.165, 1.54) is 24.3 Å². The number of nitrogens with zero attached hydrogens (tertiary/aromatic N) is 1. The van der Waals surface area contributed by atoms with E-state index in [1.807, 2.05) is 0 Å². The average molecular weight is 345 g/mol. The van der Waals surface area contributed by atoms with E-state index in [1.54, 1.807) is 0 Å². The normalized spacial score (nSPS) is 22.8. The van der Waals surface area contributed by atoms with Crippen LogP contribution in [-0.2, 0) is 4.74 Å². The molecule has 1 aromatic rings. The molecule has 4 nitrogen and oxygen atoms in total. The van der Waals surface area contributed by atoms with Crippen molar-refractivity contribution in [3.8, 4) is 5.75 Å². The Morgan fingerprint density at radius 1 is 1.21 bits per heavy atom. The maximum Gasteiger partial charge on any atom is 0.573 e. The average Bonchev–Trinajstić information content (AvgIpc) is 3.24. The van der Waals surface area contributed by atoms with Crippen LogP contribution >= 0.6 is 0 Å². The van der Waals surface area contributed by atoms with Crippen molar-refractivity contribution in [2.24, 2.45) is 5.92 Å². The fourth-order valence-electron chi connectivity index (χ4n) is 3.09. The van der Waals surface area contributed by atoms with Gasteiger partial charge in [0.05, 0.1) is 12.7 Å². The Kier molecular flexibility index (Phi) is 5.32. The molecule has 1 heterocycles. The van der Waals surface area contributed by atoms with Gasteiger partial charge in [0.15, 0.2) is 0 Å². The summed E-state index contributed by atoms with van der Waals surface area (Å²) in [5.74, 6) is 0.223. The number of hydrogen-bond acceptors (Lipinski definition) is 4. The predicted octanol–water partition coefficient (Wildman–Crippen LogP) is 3.12. The second-order valence-corrected chi connectivity index (χ2v) is 6.55. The Morgan fingerprint density at radius 3 is 2.46 bits per heavy atom. The Labute approximate surface area is 139 Å². The highest BCUT2D eigenvalue weighted by atomic mass is 19.4. The van der Waals surface area contributed by atoms with Gasteiger partial charge in [0.2, 0.25) is 0 Å². The third-order valence-electron chi connectivity index (χ3n) is 4.49. The highest BCUT2D eigenvalue weighted by Crippen LogP contribution is 2.31. The smallest absolute Gasteiger partial charge is 0.406 e. The number of benzene rings is 1. The van der Waals surface area contributed by atoms with Gasteiger partial charge in [-0.1, -0.05) is 12.1 Å². The first-order valence-electron chi connectivity index (χ1n) is 8.26. The molecule has 0 amide bonds. The van der Waals surface area contributed by atoms with Crippen molar-refractivity contribution in [3.63, 3.8) is 0 Å². The molecule has 1 saturated carbocycles. The van der Waals surface area contributed by atoms with Gasteiger partial charge in [-0.25, -0.2) is 0 Å². The number of aliphatic hydroxyl groups excluding tert-OH is 1. The summed E-state index contributed by atoms with van der Waals surface area (Å²) in [6.07, 6.45) is -2.11. The first-order valence-corrected chi connectivity index (χ1v) is 8.26. The zero-order valence-corrected chi connectivity index (χ0v) is 13.3. The van der Waals surface area contributed by atoms with E-state index >= 15 is 0 Å². The summed E-state index contributed by atoms with van der Waals surface area (Å²) in [6, 6.07) is 5.94. The molecule has 1 aromatic carbocycles. The van der Waals surface area contributed by atoms with E-state index < -0.39 is 12.5 Å². The van der Waals surface area contributed by atoms with Crippen LogP contribution in [0.5, 0.6) is 5.75 Å². The Bertz CT molecular complexity index is 525. The van der Waals surface area contributed by atoms with Gasteiger partial charge in [-0.2, -0.15) is 0 Å². The SMILES string of the molecule is OC(CN(CC1CCOC1)C1CC1)c1ccc(OC(F)(F)F)cc1. The molecule has 0 spiro atoms. The van der Waals surface area contributed by atoms with E-state index in [-0.39, 0.29) is 5.75 Å². The third-order valence-corrected chi connectivity index (χ3v) is 4.49. The molecule has 2 fully saturated rings. The molecule has 1 aliphatic heterocycles. The minimum Gasteiger partial charge on any atom is -0.406 e. The van der Waals surface area contributed by atoms with Crippen LogP contribution < -0.4 is 4.74 Å². The largest absolute Gasteiger partial charge is 0.573 e. The van der Waals surface area contributed by atoms with Crippen LogP contribution in [0.25, 0.3) is 0 Å². The van der Waals surface area contributed by atoms with Crippen molar-refractivity contribution < 1.29 is 27.8 Å². The van der Waals surface area contributed by atoms with Gasteiger partial charge in [0.1, 0.15) is 5.75 Å². The summed E-state index contributed by atoms with van der Waals surface area (Å²) in [5, 5.41) is 10.4. The molecule has 1 saturated heterocycles. The summed E-state index contributed by atoms with van der Waals surface area (Å²) in [6.45, 7) is 2.95. The van der Waals surface area contributed by atoms with Crippen molar-refractivity contribution in [2.45, 2.75) is 37.8 Å². The molecule has 7 heteroatoms. The van der Waals surface area contributed by atoms with Crippen molar-refractivity contribution in [3.05, 3.63) is 29.8 Å². The van der Waals surface area contributed by atoms with E-state index in [4.69, 9.17) is 4.74 Å². The van der Waals surface area contributed by atoms with Crippen LogP contribution in [0.3, 0.4) is 0 Å². The molecule has 1 aliphatic carbocycles. The predicted molar refractivity (Wildman–Crippen MR) is 81.6 cm³/mol. The summed E-state index contributed by atoms with van der Waals surface area (Å²) in [7, 11) is 0. The molecule has 2 atom stereocenters. The quantitative estimate of drug-likeness (QED) is 0.824. The third kappa shape index (κ3) is 5.09. The minimum absolute atomic E-state index is 0.277. The lowest BCUT2D eigenvalue weighted by Crippen LogP contribution is -2.35. The maximum absolute atomic E-state index is 12.2. The Hall–Kier alpha value is -1.31. The van der Waals surface area contributed by atoms with E-state index in [9.17, 15) is 18.3 Å².